The first kappa shape index (κ1) is 20.0. The number of hydrogen-bond donors (Lipinski definition) is 1. The number of methoxy groups -OCH3 is 1. The molecule has 0 aliphatic rings. The Bertz CT molecular complexity index is 955. The molecule has 2 rings (SSSR count). The number of nitrogens with one attached hydrogen (secondary N) is 1. The highest BCUT2D eigenvalue weighted by Crippen LogP contribution is 2.23. The van der Waals surface area contributed by atoms with Crippen LogP contribution in [0.2, 0.25) is 0 Å². The van der Waals surface area contributed by atoms with E-state index in [4.69, 9.17) is 11.2 Å². The van der Waals surface area contributed by atoms with E-state index in [2.05, 4.69) is 22.7 Å². The minimum atomic E-state index is -0.471. The second-order valence-electron chi connectivity index (χ2n) is 6.35. The molecular formula is C22H23N3O2. The molecule has 0 saturated carbocycles. The number of terminal acetylenes is 1. The van der Waals surface area contributed by atoms with Crippen LogP contribution < -0.4 is 5.32 Å². The number of benzene rings is 1. The molecule has 0 fully saturated rings. The van der Waals surface area contributed by atoms with Gasteiger partial charge in [0.05, 0.1) is 12.6 Å². The molecule has 1 unspecified atom stereocenters. The van der Waals surface area contributed by atoms with Crippen molar-refractivity contribution in [2.45, 2.75) is 26.8 Å². The maximum absolute atomic E-state index is 12.5. The summed E-state index contributed by atoms with van der Waals surface area (Å²) in [4.78, 5) is 12.5. The van der Waals surface area contributed by atoms with Gasteiger partial charge in [-0.2, -0.15) is 5.26 Å². The molecule has 2 aromatic rings. The zero-order chi connectivity index (χ0) is 20.0. The Morgan fingerprint density at radius 2 is 2.15 bits per heavy atom. The molecule has 0 aliphatic heterocycles. The van der Waals surface area contributed by atoms with E-state index < -0.39 is 5.91 Å². The molecule has 5 heteroatoms. The predicted octanol–water partition coefficient (Wildman–Crippen LogP) is 3.84. The van der Waals surface area contributed by atoms with Crippen LogP contribution in [0, 0.1) is 37.5 Å². The smallest absolute Gasteiger partial charge is 0.266 e. The Kier molecular flexibility index (Phi) is 6.60. The number of anilines is 1. The van der Waals surface area contributed by atoms with Crippen molar-refractivity contribution < 1.29 is 9.53 Å². The minimum absolute atomic E-state index is 0.0285. The van der Waals surface area contributed by atoms with Crippen LogP contribution in [-0.2, 0) is 9.53 Å². The Balaban J connectivity index is 2.30. The number of aromatic nitrogens is 1. The number of carbonyl (C=O) groups excluding carboxylic acids is 1. The number of amides is 1. The third-order valence-corrected chi connectivity index (χ3v) is 4.32. The van der Waals surface area contributed by atoms with Crippen molar-refractivity contribution in [2.75, 3.05) is 19.0 Å². The van der Waals surface area contributed by atoms with Gasteiger partial charge in [0, 0.05) is 29.7 Å². The van der Waals surface area contributed by atoms with E-state index in [-0.39, 0.29) is 11.6 Å². The second kappa shape index (κ2) is 8.89. The lowest BCUT2D eigenvalue weighted by Crippen LogP contribution is -2.14. The normalized spacial score (nSPS) is 12.1. The van der Waals surface area contributed by atoms with Crippen molar-refractivity contribution in [1.29, 1.82) is 5.26 Å². The first-order valence-electron chi connectivity index (χ1n) is 8.58. The van der Waals surface area contributed by atoms with Crippen molar-refractivity contribution in [2.24, 2.45) is 0 Å². The van der Waals surface area contributed by atoms with E-state index in [1.165, 1.54) is 0 Å². The van der Waals surface area contributed by atoms with Crippen LogP contribution in [0.4, 0.5) is 5.69 Å². The van der Waals surface area contributed by atoms with Crippen LogP contribution in [0.25, 0.3) is 6.08 Å². The zero-order valence-corrected chi connectivity index (χ0v) is 16.0. The summed E-state index contributed by atoms with van der Waals surface area (Å²) >= 11 is 0. The fourth-order valence-electron chi connectivity index (χ4n) is 3.13. The molecule has 27 heavy (non-hydrogen) atoms. The van der Waals surface area contributed by atoms with Crippen LogP contribution in [0.3, 0.4) is 0 Å². The van der Waals surface area contributed by atoms with Crippen molar-refractivity contribution in [3.05, 3.63) is 58.4 Å². The van der Waals surface area contributed by atoms with Crippen LogP contribution >= 0.6 is 0 Å². The molecule has 0 aliphatic carbocycles. The SMILES string of the molecule is C#Cc1cccc(NC(=O)/C(C#N)=C/c2cc(C)n(C(C)COC)c2C)c1. The summed E-state index contributed by atoms with van der Waals surface area (Å²) in [6.07, 6.45) is 6.99. The van der Waals surface area contributed by atoms with Gasteiger partial charge in [-0.25, -0.2) is 0 Å². The zero-order valence-electron chi connectivity index (χ0n) is 16.0. The standard InChI is InChI=1S/C22H23N3O2/c1-6-18-8-7-9-21(11-18)24-22(26)20(13-23)12-19-10-15(2)25(17(19)4)16(3)14-27-5/h1,7-12,16H,14H2,2-5H3,(H,24,26)/b20-12+. The maximum Gasteiger partial charge on any atom is 0.266 e. The topological polar surface area (TPSA) is 67.0 Å². The molecule has 0 saturated heterocycles. The first-order valence-corrected chi connectivity index (χ1v) is 8.58. The summed E-state index contributed by atoms with van der Waals surface area (Å²) in [5.74, 6) is 2.05. The Morgan fingerprint density at radius 3 is 2.78 bits per heavy atom. The summed E-state index contributed by atoms with van der Waals surface area (Å²) in [6.45, 7) is 6.60. The van der Waals surface area contributed by atoms with Gasteiger partial charge >= 0.3 is 0 Å². The molecule has 0 bridgehead atoms. The largest absolute Gasteiger partial charge is 0.383 e. The van der Waals surface area contributed by atoms with Gasteiger partial charge in [-0.05, 0) is 56.7 Å². The Morgan fingerprint density at radius 1 is 1.41 bits per heavy atom. The van der Waals surface area contributed by atoms with E-state index in [1.54, 1.807) is 37.5 Å². The van der Waals surface area contributed by atoms with Crippen molar-refractivity contribution >= 4 is 17.7 Å². The van der Waals surface area contributed by atoms with Crippen molar-refractivity contribution in [3.8, 4) is 18.4 Å². The first-order chi connectivity index (χ1) is 12.9. The highest BCUT2D eigenvalue weighted by atomic mass is 16.5. The fraction of sp³-hybridized carbons (Fsp3) is 0.273. The van der Waals surface area contributed by atoms with Gasteiger partial charge in [0.2, 0.25) is 0 Å². The molecule has 1 heterocycles. The molecule has 1 aromatic heterocycles. The summed E-state index contributed by atoms with van der Waals surface area (Å²) in [7, 11) is 1.67. The van der Waals surface area contributed by atoms with Crippen LogP contribution in [0.1, 0.15) is 35.5 Å². The predicted molar refractivity (Wildman–Crippen MR) is 107 cm³/mol. The molecule has 0 spiro atoms. The summed E-state index contributed by atoms with van der Waals surface area (Å²) in [5, 5.41) is 12.2. The monoisotopic (exact) mass is 361 g/mol. The second-order valence-corrected chi connectivity index (χ2v) is 6.35. The third kappa shape index (κ3) is 4.67. The average molecular weight is 361 g/mol. The lowest BCUT2D eigenvalue weighted by molar-refractivity contribution is -0.112. The van der Waals surface area contributed by atoms with Gasteiger partial charge in [0.15, 0.2) is 0 Å². The third-order valence-electron chi connectivity index (χ3n) is 4.32. The molecular weight excluding hydrogens is 338 g/mol. The van der Waals surface area contributed by atoms with Gasteiger partial charge < -0.3 is 14.6 Å². The number of aryl methyl sites for hydroxylation is 1. The van der Waals surface area contributed by atoms with Gasteiger partial charge in [-0.1, -0.05) is 12.0 Å². The molecule has 1 N–H and O–H groups in total. The van der Waals surface area contributed by atoms with Crippen LogP contribution in [0.15, 0.2) is 35.9 Å². The fourth-order valence-corrected chi connectivity index (χ4v) is 3.13. The number of nitriles is 1. The van der Waals surface area contributed by atoms with E-state index in [0.717, 1.165) is 17.0 Å². The highest BCUT2D eigenvalue weighted by Gasteiger charge is 2.16. The quantitative estimate of drug-likeness (QED) is 0.483. The highest BCUT2D eigenvalue weighted by molar-refractivity contribution is 6.09. The maximum atomic E-state index is 12.5. The molecule has 1 amide bonds. The number of nitrogens with zero attached hydrogens (tertiary/aromatic N) is 2. The van der Waals surface area contributed by atoms with E-state index in [0.29, 0.717) is 17.9 Å². The van der Waals surface area contributed by atoms with Gasteiger partial charge in [0.1, 0.15) is 11.6 Å². The summed E-state index contributed by atoms with van der Waals surface area (Å²) in [6, 6.07) is 11.0. The van der Waals surface area contributed by atoms with Crippen LogP contribution in [0.5, 0.6) is 0 Å². The van der Waals surface area contributed by atoms with Crippen molar-refractivity contribution in [1.82, 2.24) is 4.57 Å². The van der Waals surface area contributed by atoms with Gasteiger partial charge in [-0.15, -0.1) is 6.42 Å². The van der Waals surface area contributed by atoms with E-state index in [1.807, 2.05) is 26.0 Å². The Hall–Kier alpha value is -3.28. The summed E-state index contributed by atoms with van der Waals surface area (Å²) in [5.41, 5.74) is 4.09. The number of rotatable bonds is 6. The number of carbonyl (C=O) groups is 1. The molecule has 1 atom stereocenters. The van der Waals surface area contributed by atoms with Crippen molar-refractivity contribution in [3.63, 3.8) is 0 Å². The Labute approximate surface area is 160 Å². The number of hydrogen-bond acceptors (Lipinski definition) is 3. The lowest BCUT2D eigenvalue weighted by Gasteiger charge is -2.17. The van der Waals surface area contributed by atoms with Crippen LogP contribution in [-0.4, -0.2) is 24.2 Å². The number of ether oxygens (including phenoxy) is 1. The lowest BCUT2D eigenvalue weighted by atomic mass is 10.1. The molecule has 138 valence electrons. The average Bonchev–Trinajstić information content (AvgIpc) is 2.93. The summed E-state index contributed by atoms with van der Waals surface area (Å²) < 4.78 is 7.37. The van der Waals surface area contributed by atoms with Gasteiger partial charge in [-0.3, -0.25) is 4.79 Å². The van der Waals surface area contributed by atoms with Gasteiger partial charge in [0.25, 0.3) is 5.91 Å². The minimum Gasteiger partial charge on any atom is -0.383 e. The molecule has 0 radical (unpaired) electrons. The van der Waals surface area contributed by atoms with E-state index >= 15 is 0 Å². The molecule has 1 aromatic carbocycles. The molecule has 5 nitrogen and oxygen atoms in total. The van der Waals surface area contributed by atoms with E-state index in [9.17, 15) is 10.1 Å².